The van der Waals surface area contributed by atoms with Gasteiger partial charge in [0.1, 0.15) is 0 Å². The van der Waals surface area contributed by atoms with Gasteiger partial charge in [-0.05, 0) is 47.9 Å². The third-order valence-electron chi connectivity index (χ3n) is 4.57. The number of carbonyl (C=O) groups excluding carboxylic acids is 3. The molecule has 0 radical (unpaired) electrons. The van der Waals surface area contributed by atoms with Crippen LogP contribution in [0.15, 0.2) is 83.6 Å². The number of thiophene rings is 1. The van der Waals surface area contributed by atoms with Crippen molar-refractivity contribution in [2.24, 2.45) is 0 Å². The van der Waals surface area contributed by atoms with E-state index in [1.54, 1.807) is 41.8 Å². The number of aromatic nitrogens is 1. The molecule has 7 nitrogen and oxygen atoms in total. The van der Waals surface area contributed by atoms with Crippen molar-refractivity contribution in [1.29, 1.82) is 0 Å². The minimum atomic E-state index is -0.345. The molecule has 3 amide bonds. The molecule has 2 aromatic heterocycles. The third-order valence-corrected chi connectivity index (χ3v) is 6.28. The van der Waals surface area contributed by atoms with Crippen molar-refractivity contribution < 1.29 is 14.4 Å². The van der Waals surface area contributed by atoms with Crippen LogP contribution in [0.4, 0.5) is 22.2 Å². The molecule has 0 saturated carbocycles. The van der Waals surface area contributed by atoms with Gasteiger partial charge in [0, 0.05) is 29.8 Å². The van der Waals surface area contributed by atoms with Crippen LogP contribution in [-0.4, -0.2) is 22.7 Å². The van der Waals surface area contributed by atoms with Crippen LogP contribution in [-0.2, 0) is 9.59 Å². The number of hydrogen-bond acceptors (Lipinski definition) is 6. The minimum absolute atomic E-state index is 0.153. The first-order chi connectivity index (χ1) is 16.5. The van der Waals surface area contributed by atoms with Crippen LogP contribution in [0.3, 0.4) is 0 Å². The van der Waals surface area contributed by atoms with Crippen molar-refractivity contribution in [3.63, 3.8) is 0 Å². The Labute approximate surface area is 204 Å². The van der Waals surface area contributed by atoms with E-state index in [4.69, 9.17) is 0 Å². The molecule has 0 aliphatic carbocycles. The number of thiazole rings is 1. The maximum Gasteiger partial charge on any atom is 0.265 e. The van der Waals surface area contributed by atoms with Gasteiger partial charge in [0.25, 0.3) is 5.91 Å². The van der Waals surface area contributed by atoms with Gasteiger partial charge in [-0.3, -0.25) is 19.3 Å². The molecule has 2 aromatic carbocycles. The molecule has 4 aromatic rings. The zero-order chi connectivity index (χ0) is 23.9. The van der Waals surface area contributed by atoms with E-state index in [0.717, 1.165) is 5.69 Å². The number of para-hydroxylation sites is 1. The van der Waals surface area contributed by atoms with Crippen LogP contribution < -0.4 is 15.5 Å². The monoisotopic (exact) mass is 488 g/mol. The minimum Gasteiger partial charge on any atom is -0.322 e. The fourth-order valence-corrected chi connectivity index (χ4v) is 4.55. The van der Waals surface area contributed by atoms with Crippen molar-refractivity contribution in [3.05, 3.63) is 94.1 Å². The quantitative estimate of drug-likeness (QED) is 0.322. The molecular weight excluding hydrogens is 468 g/mol. The van der Waals surface area contributed by atoms with Crippen LogP contribution in [0.25, 0.3) is 6.08 Å². The molecule has 4 rings (SSSR count). The second-order valence-corrected chi connectivity index (χ2v) is 8.86. The summed E-state index contributed by atoms with van der Waals surface area (Å²) in [6.07, 6.45) is 2.96. The van der Waals surface area contributed by atoms with E-state index in [-0.39, 0.29) is 17.7 Å². The number of amides is 3. The zero-order valence-electron chi connectivity index (χ0n) is 18.1. The van der Waals surface area contributed by atoms with Crippen molar-refractivity contribution in [2.75, 3.05) is 15.5 Å². The topological polar surface area (TPSA) is 91.4 Å². The molecule has 9 heteroatoms. The number of anilines is 4. The predicted octanol–water partition coefficient (Wildman–Crippen LogP) is 5.79. The van der Waals surface area contributed by atoms with Gasteiger partial charge >= 0.3 is 0 Å². The van der Waals surface area contributed by atoms with E-state index in [2.05, 4.69) is 15.6 Å². The molecule has 0 saturated heterocycles. The Kier molecular flexibility index (Phi) is 7.26. The lowest BCUT2D eigenvalue weighted by Gasteiger charge is -2.17. The second-order valence-electron chi connectivity index (χ2n) is 7.08. The van der Waals surface area contributed by atoms with Gasteiger partial charge in [0.2, 0.25) is 11.8 Å². The highest BCUT2D eigenvalue weighted by Gasteiger charge is 2.17. The first-order valence-electron chi connectivity index (χ1n) is 10.2. The molecule has 0 aliphatic heterocycles. The van der Waals surface area contributed by atoms with E-state index in [1.165, 1.54) is 40.6 Å². The predicted molar refractivity (Wildman–Crippen MR) is 138 cm³/mol. The largest absolute Gasteiger partial charge is 0.322 e. The normalized spacial score (nSPS) is 10.7. The van der Waals surface area contributed by atoms with Crippen LogP contribution in [0.5, 0.6) is 0 Å². The fourth-order valence-electron chi connectivity index (χ4n) is 3.08. The summed E-state index contributed by atoms with van der Waals surface area (Å²) >= 11 is 2.67. The first-order valence-corrected chi connectivity index (χ1v) is 12.0. The maximum absolute atomic E-state index is 12.4. The van der Waals surface area contributed by atoms with E-state index in [9.17, 15) is 14.4 Å². The van der Waals surface area contributed by atoms with E-state index in [1.807, 2.05) is 41.8 Å². The summed E-state index contributed by atoms with van der Waals surface area (Å²) in [7, 11) is 0. The van der Waals surface area contributed by atoms with Gasteiger partial charge in [-0.1, -0.05) is 30.3 Å². The summed E-state index contributed by atoms with van der Waals surface area (Å²) in [6.45, 7) is 1.48. The first kappa shape index (κ1) is 23.1. The van der Waals surface area contributed by atoms with Crippen LogP contribution in [0, 0.1) is 0 Å². The van der Waals surface area contributed by atoms with Crippen molar-refractivity contribution >= 4 is 68.7 Å². The maximum atomic E-state index is 12.4. The average Bonchev–Trinajstić information content (AvgIpc) is 3.51. The molecule has 0 aliphatic rings. The standard InChI is InChI=1S/C25H20N4O3S2/c1-17(30)29(21-9-3-2-4-10-21)25-28-20(16-34-25)12-13-23(31)26-18-7-5-8-19(15-18)27-24(32)22-11-6-14-33-22/h2-16H,1H3,(H,26,31)(H,27,32)/b13-12+. The number of nitrogens with zero attached hydrogens (tertiary/aromatic N) is 2. The summed E-state index contributed by atoms with van der Waals surface area (Å²) in [5.74, 6) is -0.699. The smallest absolute Gasteiger partial charge is 0.265 e. The lowest BCUT2D eigenvalue weighted by atomic mass is 10.2. The fraction of sp³-hybridized carbons (Fsp3) is 0.0400. The summed E-state index contributed by atoms with van der Waals surface area (Å²) in [6, 6.07) is 19.7. The summed E-state index contributed by atoms with van der Waals surface area (Å²) < 4.78 is 0. The van der Waals surface area contributed by atoms with Gasteiger partial charge in [0.05, 0.1) is 16.3 Å². The Bertz CT molecular complexity index is 1330. The van der Waals surface area contributed by atoms with E-state index in [0.29, 0.717) is 27.1 Å². The highest BCUT2D eigenvalue weighted by atomic mass is 32.1. The van der Waals surface area contributed by atoms with E-state index >= 15 is 0 Å². The Hall–Kier alpha value is -4.08. The Morgan fingerprint density at radius 1 is 0.912 bits per heavy atom. The molecule has 2 heterocycles. The number of rotatable bonds is 7. The molecule has 0 atom stereocenters. The molecule has 170 valence electrons. The Balaban J connectivity index is 1.40. The number of benzene rings is 2. The number of hydrogen-bond donors (Lipinski definition) is 2. The summed E-state index contributed by atoms with van der Waals surface area (Å²) in [5, 5.41) is 9.72. The molecule has 34 heavy (non-hydrogen) atoms. The molecule has 0 bridgehead atoms. The lowest BCUT2D eigenvalue weighted by molar-refractivity contribution is -0.116. The molecule has 0 fully saturated rings. The van der Waals surface area contributed by atoms with Gasteiger partial charge < -0.3 is 10.6 Å². The highest BCUT2D eigenvalue weighted by molar-refractivity contribution is 7.14. The van der Waals surface area contributed by atoms with Crippen molar-refractivity contribution in [2.45, 2.75) is 6.92 Å². The molecule has 2 N–H and O–H groups in total. The number of nitrogens with one attached hydrogen (secondary N) is 2. The van der Waals surface area contributed by atoms with Gasteiger partial charge in [-0.15, -0.1) is 22.7 Å². The molecular formula is C25H20N4O3S2. The van der Waals surface area contributed by atoms with Gasteiger partial charge in [0.15, 0.2) is 5.13 Å². The van der Waals surface area contributed by atoms with Crippen LogP contribution >= 0.6 is 22.7 Å². The van der Waals surface area contributed by atoms with E-state index < -0.39 is 0 Å². The molecule has 0 spiro atoms. The Morgan fingerprint density at radius 2 is 1.68 bits per heavy atom. The van der Waals surface area contributed by atoms with Gasteiger partial charge in [-0.25, -0.2) is 4.98 Å². The number of carbonyl (C=O) groups is 3. The Morgan fingerprint density at radius 3 is 2.38 bits per heavy atom. The average molecular weight is 489 g/mol. The third kappa shape index (κ3) is 5.83. The zero-order valence-corrected chi connectivity index (χ0v) is 19.7. The summed E-state index contributed by atoms with van der Waals surface area (Å²) in [5.41, 5.74) is 2.41. The van der Waals surface area contributed by atoms with Crippen molar-refractivity contribution in [3.8, 4) is 0 Å². The SMILES string of the molecule is CC(=O)N(c1ccccc1)c1nc(/C=C/C(=O)Nc2cccc(NC(=O)c3cccs3)c2)cs1. The van der Waals surface area contributed by atoms with Crippen LogP contribution in [0.2, 0.25) is 0 Å². The van der Waals surface area contributed by atoms with Crippen molar-refractivity contribution in [1.82, 2.24) is 4.98 Å². The lowest BCUT2D eigenvalue weighted by Crippen LogP contribution is -2.22. The highest BCUT2D eigenvalue weighted by Crippen LogP contribution is 2.29. The van der Waals surface area contributed by atoms with Crippen LogP contribution in [0.1, 0.15) is 22.3 Å². The van der Waals surface area contributed by atoms with Gasteiger partial charge in [-0.2, -0.15) is 0 Å². The molecule has 0 unspecified atom stereocenters. The summed E-state index contributed by atoms with van der Waals surface area (Å²) in [4.78, 5) is 43.4. The second kappa shape index (κ2) is 10.7.